The van der Waals surface area contributed by atoms with E-state index in [0.717, 1.165) is 48.5 Å². The molecule has 5 rings (SSSR count). The molecule has 204 valence electrons. The Balaban J connectivity index is 2.03. The first-order valence-corrected chi connectivity index (χ1v) is 11.3. The van der Waals surface area contributed by atoms with Crippen molar-refractivity contribution >= 4 is 33.7 Å². The molecule has 14 heteroatoms. The summed E-state index contributed by atoms with van der Waals surface area (Å²) in [6.07, 6.45) is -9.34. The largest absolute Gasteiger partial charge is 0.582 e. The van der Waals surface area contributed by atoms with Crippen LogP contribution in [-0.4, -0.2) is 9.97 Å². The summed E-state index contributed by atoms with van der Waals surface area (Å²) in [5, 5.41) is 9.37. The summed E-state index contributed by atoms with van der Waals surface area (Å²) in [4.78, 5) is 17.6. The molecule has 0 saturated heterocycles. The lowest BCUT2D eigenvalue weighted by Crippen LogP contribution is -2.05. The normalized spacial score (nSPS) is 12.3. The van der Waals surface area contributed by atoms with E-state index in [2.05, 4.69) is 24.5 Å². The highest BCUT2D eigenvalue weighted by Gasteiger charge is 2.33. The van der Waals surface area contributed by atoms with Crippen LogP contribution in [0.4, 0.5) is 26.3 Å². The van der Waals surface area contributed by atoms with Crippen molar-refractivity contribution in [2.75, 3.05) is 0 Å². The zero-order valence-electron chi connectivity index (χ0n) is 20.4. The van der Waals surface area contributed by atoms with Gasteiger partial charge in [-0.15, -0.1) is 9.69 Å². The fourth-order valence-corrected chi connectivity index (χ4v) is 4.18. The summed E-state index contributed by atoms with van der Waals surface area (Å²) in [6.45, 7) is 21.8. The monoisotopic (exact) mass is 574 g/mol. The van der Waals surface area contributed by atoms with E-state index in [1.165, 1.54) is 0 Å². The molecule has 8 nitrogen and oxygen atoms in total. The molecule has 0 amide bonds. The number of oxazole rings is 2. The van der Waals surface area contributed by atoms with Gasteiger partial charge in [0.1, 0.15) is 24.2 Å². The highest BCUT2D eigenvalue weighted by Crippen LogP contribution is 2.44. The van der Waals surface area contributed by atoms with E-state index in [0.29, 0.717) is 0 Å². The second-order valence-electron chi connectivity index (χ2n) is 8.41. The molecule has 0 unspecified atom stereocenters. The Morgan fingerprint density at radius 3 is 1.43 bits per heavy atom. The highest BCUT2D eigenvalue weighted by molar-refractivity contribution is 6.15. The standard InChI is InChI=1S/C28H8F6N6O2/c1-36-17(12-35)25-39-20-18(13-4-8-15(9-5-13)27(29,30)31)19(14-6-10-16(11-7-14)28(32,33)34)21-23(22(20)41-25)42-26(40-21)24(37-2)38-3/h4-11H/b25-17-. The molecule has 0 aliphatic rings. The number of hydrogen-bond donors (Lipinski definition) is 0. The molecule has 42 heavy (non-hydrogen) atoms. The number of nitriles is 1. The summed E-state index contributed by atoms with van der Waals surface area (Å²) >= 11 is 0. The second-order valence-corrected chi connectivity index (χ2v) is 8.41. The summed E-state index contributed by atoms with van der Waals surface area (Å²) in [7, 11) is 0. The van der Waals surface area contributed by atoms with Crippen molar-refractivity contribution < 1.29 is 35.2 Å². The average Bonchev–Trinajstić information content (AvgIpc) is 3.58. The molecule has 0 radical (unpaired) electrons. The molecular formula is C28H8F6N6O2. The van der Waals surface area contributed by atoms with E-state index in [-0.39, 0.29) is 44.5 Å². The van der Waals surface area contributed by atoms with Crippen molar-refractivity contribution in [2.24, 2.45) is 0 Å². The zero-order valence-corrected chi connectivity index (χ0v) is 20.4. The Hall–Kier alpha value is -6.12. The lowest BCUT2D eigenvalue weighted by atomic mass is 9.91. The van der Waals surface area contributed by atoms with Gasteiger partial charge in [-0.2, -0.15) is 26.3 Å². The third-order valence-corrected chi connectivity index (χ3v) is 6.01. The number of rotatable bonds is 2. The van der Waals surface area contributed by atoms with E-state index in [1.54, 1.807) is 6.07 Å². The lowest BCUT2D eigenvalue weighted by Gasteiger charge is -2.14. The van der Waals surface area contributed by atoms with Crippen molar-refractivity contribution in [1.82, 2.24) is 9.97 Å². The molecule has 0 atom stereocenters. The minimum Gasteiger partial charge on any atom is -0.442 e. The van der Waals surface area contributed by atoms with Gasteiger partial charge < -0.3 is 8.83 Å². The quantitative estimate of drug-likeness (QED) is 0.171. The van der Waals surface area contributed by atoms with Crippen LogP contribution in [-0.2, 0) is 12.4 Å². The fourth-order valence-electron chi connectivity index (χ4n) is 4.18. The molecule has 0 aliphatic carbocycles. The minimum atomic E-state index is -4.67. The molecular weight excluding hydrogens is 566 g/mol. The van der Waals surface area contributed by atoms with Crippen LogP contribution in [0.1, 0.15) is 11.1 Å². The number of halogens is 6. The van der Waals surface area contributed by atoms with Gasteiger partial charge in [-0.3, -0.25) is 0 Å². The third-order valence-electron chi connectivity index (χ3n) is 6.01. The molecule has 0 bridgehead atoms. The van der Waals surface area contributed by atoms with E-state index < -0.39 is 46.1 Å². The van der Waals surface area contributed by atoms with E-state index in [4.69, 9.17) is 28.6 Å². The third kappa shape index (κ3) is 4.53. The van der Waals surface area contributed by atoms with E-state index in [1.807, 2.05) is 0 Å². The average molecular weight is 574 g/mol. The SMILES string of the molecule is [C-]#[N+]C([N+]#[C-])=c1nc2c(-c3ccc(C(F)(F)F)cc3)c(-c3ccc(C(F)(F)F)cc3)c3n/c(=C(\C#N)[N+]#[C-])oc3c2o1. The summed E-state index contributed by atoms with van der Waals surface area (Å²) in [6, 6.07) is 9.17. The van der Waals surface area contributed by atoms with Crippen molar-refractivity contribution in [3.63, 3.8) is 0 Å². The molecule has 0 N–H and O–H groups in total. The number of alkyl halides is 6. The van der Waals surface area contributed by atoms with Gasteiger partial charge in [-0.1, -0.05) is 24.3 Å². The van der Waals surface area contributed by atoms with Gasteiger partial charge in [-0.05, 0) is 35.4 Å². The summed E-state index contributed by atoms with van der Waals surface area (Å²) in [5.74, 6) is -0.598. The first kappa shape index (κ1) is 27.4. The van der Waals surface area contributed by atoms with Gasteiger partial charge in [-0.25, -0.2) is 20.1 Å². The number of hydrogen-bond acceptors (Lipinski definition) is 5. The Kier molecular flexibility index (Phi) is 6.41. The Morgan fingerprint density at radius 1 is 0.667 bits per heavy atom. The second kappa shape index (κ2) is 9.81. The smallest absolute Gasteiger partial charge is 0.442 e. The van der Waals surface area contributed by atoms with Crippen molar-refractivity contribution in [3.8, 4) is 28.3 Å². The molecule has 2 heterocycles. The van der Waals surface area contributed by atoms with Gasteiger partial charge in [0.15, 0.2) is 11.2 Å². The van der Waals surface area contributed by atoms with Crippen molar-refractivity contribution in [2.45, 2.75) is 12.4 Å². The maximum Gasteiger partial charge on any atom is 0.582 e. The van der Waals surface area contributed by atoms with Crippen LogP contribution >= 0.6 is 0 Å². The van der Waals surface area contributed by atoms with E-state index in [9.17, 15) is 31.6 Å². The van der Waals surface area contributed by atoms with Gasteiger partial charge in [0.05, 0.1) is 23.8 Å². The van der Waals surface area contributed by atoms with Gasteiger partial charge in [0.2, 0.25) is 5.55 Å². The van der Waals surface area contributed by atoms with Gasteiger partial charge in [0.25, 0.3) is 0 Å². The molecule has 2 aromatic heterocycles. The van der Waals surface area contributed by atoms with Gasteiger partial charge >= 0.3 is 29.4 Å². The van der Waals surface area contributed by atoms with Crippen LogP contribution in [0.2, 0.25) is 0 Å². The Bertz CT molecular complexity index is 2010. The van der Waals surface area contributed by atoms with E-state index >= 15 is 0 Å². The van der Waals surface area contributed by atoms with Crippen LogP contribution < -0.4 is 11.1 Å². The maximum atomic E-state index is 13.3. The predicted octanol–water partition coefficient (Wildman–Crippen LogP) is 6.80. The number of fused-ring (bicyclic) bond motifs is 3. The zero-order chi connectivity index (χ0) is 30.4. The first-order chi connectivity index (χ1) is 19.9. The molecule has 3 aromatic carbocycles. The summed E-state index contributed by atoms with van der Waals surface area (Å²) in [5.41, 5.74) is -3.95. The lowest BCUT2D eigenvalue weighted by molar-refractivity contribution is -0.138. The molecule has 0 saturated carbocycles. The highest BCUT2D eigenvalue weighted by atomic mass is 19.4. The topological polar surface area (TPSA) is 88.9 Å². The van der Waals surface area contributed by atoms with Gasteiger partial charge in [0, 0.05) is 11.1 Å². The molecule has 5 aromatic rings. The predicted molar refractivity (Wildman–Crippen MR) is 134 cm³/mol. The van der Waals surface area contributed by atoms with Crippen LogP contribution in [0.3, 0.4) is 0 Å². The van der Waals surface area contributed by atoms with Crippen molar-refractivity contribution in [1.29, 1.82) is 5.26 Å². The molecule has 0 fully saturated rings. The number of nitrogens with zero attached hydrogens (tertiary/aromatic N) is 6. The summed E-state index contributed by atoms with van der Waals surface area (Å²) < 4.78 is 91.3. The molecule has 0 spiro atoms. The first-order valence-electron chi connectivity index (χ1n) is 11.3. The Morgan fingerprint density at radius 2 is 1.07 bits per heavy atom. The fraction of sp³-hybridized carbons (Fsp3) is 0.0714. The van der Waals surface area contributed by atoms with Crippen LogP contribution in [0.15, 0.2) is 57.4 Å². The number of benzene rings is 3. The Labute approximate surface area is 230 Å². The minimum absolute atomic E-state index is 0.0234. The maximum absolute atomic E-state index is 13.3. The van der Waals surface area contributed by atoms with Crippen LogP contribution in [0.5, 0.6) is 0 Å². The van der Waals surface area contributed by atoms with Crippen LogP contribution in [0, 0.1) is 31.0 Å². The van der Waals surface area contributed by atoms with Crippen molar-refractivity contribution in [3.05, 3.63) is 105 Å². The van der Waals surface area contributed by atoms with Crippen LogP contribution in [0.25, 0.3) is 70.5 Å². The molecule has 0 aliphatic heterocycles. The number of aromatic nitrogens is 2.